The third-order valence-corrected chi connectivity index (χ3v) is 5.52. The van der Waals surface area contributed by atoms with Crippen molar-refractivity contribution in [1.82, 2.24) is 5.32 Å². The fourth-order valence-corrected chi connectivity index (χ4v) is 4.00. The Kier molecular flexibility index (Phi) is 5.13. The van der Waals surface area contributed by atoms with E-state index in [0.29, 0.717) is 29.7 Å². The summed E-state index contributed by atoms with van der Waals surface area (Å²) in [5.41, 5.74) is 2.95. The van der Waals surface area contributed by atoms with E-state index in [0.717, 1.165) is 36.4 Å². The van der Waals surface area contributed by atoms with Crippen LogP contribution in [0.4, 0.5) is 5.69 Å². The summed E-state index contributed by atoms with van der Waals surface area (Å²) < 4.78 is 16.5. The van der Waals surface area contributed by atoms with Crippen molar-refractivity contribution in [2.45, 2.75) is 25.3 Å². The average molecular weight is 382 g/mol. The highest BCUT2D eigenvalue weighted by Crippen LogP contribution is 2.39. The quantitative estimate of drug-likeness (QED) is 0.648. The fraction of sp³-hybridized carbons (Fsp3) is 0.409. The van der Waals surface area contributed by atoms with Crippen molar-refractivity contribution in [2.75, 3.05) is 38.8 Å². The van der Waals surface area contributed by atoms with Gasteiger partial charge in [0.2, 0.25) is 0 Å². The Morgan fingerprint density at radius 3 is 2.75 bits per heavy atom. The number of piperazine rings is 1. The largest absolute Gasteiger partial charge is 0.497 e. The van der Waals surface area contributed by atoms with Gasteiger partial charge in [0.25, 0.3) is 0 Å². The van der Waals surface area contributed by atoms with Crippen molar-refractivity contribution < 1.29 is 19.0 Å². The highest BCUT2D eigenvalue weighted by Gasteiger charge is 2.32. The summed E-state index contributed by atoms with van der Waals surface area (Å²) in [5, 5.41) is 3.45. The van der Waals surface area contributed by atoms with Gasteiger partial charge in [0.05, 0.1) is 20.1 Å². The Hall–Kier alpha value is -2.73. The number of nitrogens with one attached hydrogen (secondary N) is 1. The van der Waals surface area contributed by atoms with Gasteiger partial charge in [-0.15, -0.1) is 0 Å². The number of carbonyl (C=O) groups is 1. The van der Waals surface area contributed by atoms with Gasteiger partial charge in [0, 0.05) is 49.1 Å². The van der Waals surface area contributed by atoms with Crippen molar-refractivity contribution in [3.63, 3.8) is 0 Å². The summed E-state index contributed by atoms with van der Waals surface area (Å²) in [4.78, 5) is 15.1. The highest BCUT2D eigenvalue weighted by molar-refractivity contribution is 5.84. The molecule has 6 nitrogen and oxygen atoms in total. The van der Waals surface area contributed by atoms with Gasteiger partial charge in [-0.2, -0.15) is 0 Å². The molecule has 1 fully saturated rings. The van der Waals surface area contributed by atoms with E-state index in [2.05, 4.69) is 29.3 Å². The van der Waals surface area contributed by atoms with Crippen LogP contribution in [-0.4, -0.2) is 45.9 Å². The number of anilines is 1. The Balaban J connectivity index is 1.60. The summed E-state index contributed by atoms with van der Waals surface area (Å²) in [5.74, 6) is 1.36. The molecule has 0 radical (unpaired) electrons. The molecule has 2 aliphatic rings. The van der Waals surface area contributed by atoms with Gasteiger partial charge in [-0.25, -0.2) is 0 Å². The van der Waals surface area contributed by atoms with Gasteiger partial charge in [0.15, 0.2) is 0 Å². The molecule has 28 heavy (non-hydrogen) atoms. The topological polar surface area (TPSA) is 60.0 Å². The first-order chi connectivity index (χ1) is 13.6. The first-order valence-electron chi connectivity index (χ1n) is 9.64. The van der Waals surface area contributed by atoms with Crippen LogP contribution < -0.4 is 24.4 Å². The van der Waals surface area contributed by atoms with E-state index in [4.69, 9.17) is 14.2 Å². The molecule has 1 N–H and O–H groups in total. The van der Waals surface area contributed by atoms with Crippen LogP contribution in [-0.2, 0) is 11.2 Å². The van der Waals surface area contributed by atoms with Crippen molar-refractivity contribution in [2.24, 2.45) is 0 Å². The fourth-order valence-electron chi connectivity index (χ4n) is 4.00. The lowest BCUT2D eigenvalue weighted by molar-refractivity contribution is -0.137. The summed E-state index contributed by atoms with van der Waals surface area (Å²) in [6.07, 6.45) is 0.592. The maximum Gasteiger partial charge on any atom is 0.319 e. The number of esters is 1. The van der Waals surface area contributed by atoms with Crippen LogP contribution in [0.5, 0.6) is 17.2 Å². The molecule has 0 aliphatic carbocycles. The molecule has 2 heterocycles. The minimum Gasteiger partial charge on any atom is -0.497 e. The summed E-state index contributed by atoms with van der Waals surface area (Å²) in [6, 6.07) is 12.2. The zero-order valence-corrected chi connectivity index (χ0v) is 16.5. The Labute approximate surface area is 165 Å². The maximum atomic E-state index is 12.8. The molecule has 1 saturated heterocycles. The van der Waals surface area contributed by atoms with E-state index in [-0.39, 0.29) is 5.97 Å². The maximum absolute atomic E-state index is 12.8. The number of rotatable bonds is 4. The van der Waals surface area contributed by atoms with Gasteiger partial charge in [-0.05, 0) is 31.0 Å². The Bertz CT molecular complexity index is 883. The van der Waals surface area contributed by atoms with Crippen LogP contribution in [0.25, 0.3) is 0 Å². The molecule has 0 amide bonds. The zero-order chi connectivity index (χ0) is 19.7. The second-order valence-corrected chi connectivity index (χ2v) is 7.38. The monoisotopic (exact) mass is 382 g/mol. The molecule has 2 aromatic rings. The predicted octanol–water partition coefficient (Wildman–Crippen LogP) is 2.75. The third-order valence-electron chi connectivity index (χ3n) is 5.52. The van der Waals surface area contributed by atoms with Gasteiger partial charge in [-0.3, -0.25) is 4.79 Å². The molecule has 2 atom stereocenters. The predicted molar refractivity (Wildman–Crippen MR) is 108 cm³/mol. The molecule has 2 aliphatic heterocycles. The Morgan fingerprint density at radius 2 is 2.00 bits per heavy atom. The molecule has 0 saturated carbocycles. The molecular formula is C22H26N2O4. The number of nitrogens with zero attached hydrogens (tertiary/aromatic N) is 1. The average Bonchev–Trinajstić information content (AvgIpc) is 2.72. The first-order valence-corrected chi connectivity index (χ1v) is 9.64. The molecule has 0 bridgehead atoms. The van der Waals surface area contributed by atoms with Gasteiger partial charge in [0.1, 0.15) is 17.2 Å². The molecule has 148 valence electrons. The number of carbonyl (C=O) groups excluding carboxylic acids is 1. The molecule has 0 aromatic heterocycles. The minimum atomic E-state index is -0.390. The van der Waals surface area contributed by atoms with Crippen LogP contribution in [0.2, 0.25) is 0 Å². The molecule has 6 heteroatoms. The lowest BCUT2D eigenvalue weighted by Crippen LogP contribution is -2.49. The standard InChI is InChI=1S/C22H26N2O4/c1-14-13-24(9-8-23-14)16-5-4-15-10-19(22(25)28-20(15)11-16)18-7-6-17(26-2)12-21(18)27-3/h4-7,11-12,14,19,23H,8-10,13H2,1-3H3/t14-,19?/m1/s1. The summed E-state index contributed by atoms with van der Waals surface area (Å²) >= 11 is 0. The van der Waals surface area contributed by atoms with Crippen LogP contribution in [0.15, 0.2) is 36.4 Å². The molecule has 0 spiro atoms. The van der Waals surface area contributed by atoms with E-state index < -0.39 is 5.92 Å². The van der Waals surface area contributed by atoms with Crippen LogP contribution in [0, 0.1) is 0 Å². The van der Waals surface area contributed by atoms with Crippen molar-refractivity contribution in [3.05, 3.63) is 47.5 Å². The summed E-state index contributed by atoms with van der Waals surface area (Å²) in [7, 11) is 3.21. The number of hydrogen-bond donors (Lipinski definition) is 1. The smallest absolute Gasteiger partial charge is 0.319 e. The van der Waals surface area contributed by atoms with Gasteiger partial charge in [-0.1, -0.05) is 12.1 Å². The normalized spacial score (nSPS) is 21.7. The first kappa shape index (κ1) is 18.6. The van der Waals surface area contributed by atoms with E-state index in [9.17, 15) is 4.79 Å². The number of fused-ring (bicyclic) bond motifs is 1. The lowest BCUT2D eigenvalue weighted by Gasteiger charge is -2.34. The van der Waals surface area contributed by atoms with Crippen LogP contribution in [0.1, 0.15) is 24.0 Å². The van der Waals surface area contributed by atoms with Crippen molar-refractivity contribution in [1.29, 1.82) is 0 Å². The molecule has 4 rings (SSSR count). The van der Waals surface area contributed by atoms with E-state index in [1.165, 1.54) is 0 Å². The van der Waals surface area contributed by atoms with E-state index in [1.54, 1.807) is 20.3 Å². The number of ether oxygens (including phenoxy) is 3. The van der Waals surface area contributed by atoms with Crippen molar-refractivity contribution in [3.8, 4) is 17.2 Å². The summed E-state index contributed by atoms with van der Waals surface area (Å²) in [6.45, 7) is 5.02. The minimum absolute atomic E-state index is 0.248. The highest BCUT2D eigenvalue weighted by atomic mass is 16.5. The third kappa shape index (κ3) is 3.52. The second kappa shape index (κ2) is 7.72. The van der Waals surface area contributed by atoms with E-state index in [1.807, 2.05) is 18.2 Å². The molecule has 1 unspecified atom stereocenters. The van der Waals surface area contributed by atoms with Crippen molar-refractivity contribution >= 4 is 11.7 Å². The number of hydrogen-bond acceptors (Lipinski definition) is 6. The van der Waals surface area contributed by atoms with Crippen LogP contribution >= 0.6 is 0 Å². The van der Waals surface area contributed by atoms with Crippen LogP contribution in [0.3, 0.4) is 0 Å². The molecule has 2 aromatic carbocycles. The zero-order valence-electron chi connectivity index (χ0n) is 16.5. The van der Waals surface area contributed by atoms with Gasteiger partial charge >= 0.3 is 5.97 Å². The SMILES string of the molecule is COc1ccc(C2Cc3ccc(N4CCN[C@H](C)C4)cc3OC2=O)c(OC)c1. The Morgan fingerprint density at radius 1 is 1.14 bits per heavy atom. The second-order valence-electron chi connectivity index (χ2n) is 7.38. The molecular weight excluding hydrogens is 356 g/mol. The van der Waals surface area contributed by atoms with E-state index >= 15 is 0 Å². The number of benzene rings is 2. The number of methoxy groups -OCH3 is 2. The van der Waals surface area contributed by atoms with Gasteiger partial charge < -0.3 is 24.4 Å². The lowest BCUT2D eigenvalue weighted by atomic mass is 9.89.